The Bertz CT molecular complexity index is 378. The molecule has 20 heavy (non-hydrogen) atoms. The van der Waals surface area contributed by atoms with E-state index in [4.69, 9.17) is 4.74 Å². The summed E-state index contributed by atoms with van der Waals surface area (Å²) in [6, 6.07) is 9.22. The lowest BCUT2D eigenvalue weighted by Gasteiger charge is -2.38. The number of hydrogen-bond acceptors (Lipinski definition) is 3. The minimum atomic E-state index is 0.776. The van der Waals surface area contributed by atoms with E-state index < -0.39 is 0 Å². The fourth-order valence-electron chi connectivity index (χ4n) is 3.08. The Labute approximate surface area is 123 Å². The SMILES string of the molecule is CCC(CC)N1CCN(Cc2ccc(OC)cc2)CC1. The van der Waals surface area contributed by atoms with Crippen LogP contribution in [0.15, 0.2) is 24.3 Å². The molecule has 0 saturated carbocycles. The number of ether oxygens (including phenoxy) is 1. The van der Waals surface area contributed by atoms with Crippen LogP contribution in [-0.2, 0) is 6.54 Å². The summed E-state index contributed by atoms with van der Waals surface area (Å²) in [7, 11) is 1.71. The molecular formula is C17H28N2O. The predicted molar refractivity (Wildman–Crippen MR) is 84.2 cm³/mol. The Morgan fingerprint density at radius 1 is 1.00 bits per heavy atom. The number of hydrogen-bond donors (Lipinski definition) is 0. The molecule has 0 radical (unpaired) electrons. The smallest absolute Gasteiger partial charge is 0.118 e. The second kappa shape index (κ2) is 7.65. The lowest BCUT2D eigenvalue weighted by Crippen LogP contribution is -2.49. The van der Waals surface area contributed by atoms with Crippen LogP contribution in [0.1, 0.15) is 32.3 Å². The van der Waals surface area contributed by atoms with Gasteiger partial charge >= 0.3 is 0 Å². The highest BCUT2D eigenvalue weighted by Crippen LogP contribution is 2.16. The fourth-order valence-corrected chi connectivity index (χ4v) is 3.08. The van der Waals surface area contributed by atoms with E-state index in [1.54, 1.807) is 7.11 Å². The van der Waals surface area contributed by atoms with Gasteiger partial charge in [0.25, 0.3) is 0 Å². The largest absolute Gasteiger partial charge is 0.497 e. The van der Waals surface area contributed by atoms with Gasteiger partial charge in [-0.05, 0) is 30.5 Å². The normalized spacial score (nSPS) is 17.6. The van der Waals surface area contributed by atoms with Gasteiger partial charge in [-0.25, -0.2) is 0 Å². The van der Waals surface area contributed by atoms with Gasteiger partial charge in [0.15, 0.2) is 0 Å². The highest BCUT2D eigenvalue weighted by Gasteiger charge is 2.21. The van der Waals surface area contributed by atoms with Crippen molar-refractivity contribution in [1.29, 1.82) is 0 Å². The molecule has 0 N–H and O–H groups in total. The summed E-state index contributed by atoms with van der Waals surface area (Å²) in [5.41, 5.74) is 1.38. The van der Waals surface area contributed by atoms with Crippen molar-refractivity contribution in [3.8, 4) is 5.75 Å². The lowest BCUT2D eigenvalue weighted by molar-refractivity contribution is 0.0881. The highest BCUT2D eigenvalue weighted by atomic mass is 16.5. The molecule has 1 aliphatic rings. The zero-order valence-electron chi connectivity index (χ0n) is 13.1. The van der Waals surface area contributed by atoms with Crippen LogP contribution in [0.4, 0.5) is 0 Å². The topological polar surface area (TPSA) is 15.7 Å². The Kier molecular flexibility index (Phi) is 5.86. The summed E-state index contributed by atoms with van der Waals surface area (Å²) in [5, 5.41) is 0. The first-order chi connectivity index (χ1) is 9.76. The summed E-state index contributed by atoms with van der Waals surface area (Å²) >= 11 is 0. The summed E-state index contributed by atoms with van der Waals surface area (Å²) in [4.78, 5) is 5.21. The Balaban J connectivity index is 1.81. The Morgan fingerprint density at radius 3 is 2.10 bits per heavy atom. The van der Waals surface area contributed by atoms with Crippen molar-refractivity contribution in [3.05, 3.63) is 29.8 Å². The molecule has 1 aromatic carbocycles. The number of piperazine rings is 1. The van der Waals surface area contributed by atoms with E-state index in [-0.39, 0.29) is 0 Å². The van der Waals surface area contributed by atoms with Gasteiger partial charge in [0.2, 0.25) is 0 Å². The molecule has 0 aliphatic carbocycles. The van der Waals surface area contributed by atoms with Crippen molar-refractivity contribution in [1.82, 2.24) is 9.80 Å². The molecule has 1 saturated heterocycles. The van der Waals surface area contributed by atoms with Crippen molar-refractivity contribution < 1.29 is 4.74 Å². The molecule has 0 bridgehead atoms. The van der Waals surface area contributed by atoms with Crippen molar-refractivity contribution in [2.24, 2.45) is 0 Å². The molecule has 0 aromatic heterocycles. The second-order valence-corrected chi connectivity index (χ2v) is 5.63. The summed E-state index contributed by atoms with van der Waals surface area (Å²) in [6.45, 7) is 10.5. The first kappa shape index (κ1) is 15.3. The third kappa shape index (κ3) is 3.97. The minimum absolute atomic E-state index is 0.776. The number of methoxy groups -OCH3 is 1. The Hall–Kier alpha value is -1.06. The highest BCUT2D eigenvalue weighted by molar-refractivity contribution is 5.27. The number of nitrogens with zero attached hydrogens (tertiary/aromatic N) is 2. The maximum absolute atomic E-state index is 5.20. The van der Waals surface area contributed by atoms with Gasteiger partial charge in [0, 0.05) is 38.8 Å². The standard InChI is InChI=1S/C17H28N2O/c1-4-16(5-2)19-12-10-18(11-13-19)14-15-6-8-17(20-3)9-7-15/h6-9,16H,4-5,10-14H2,1-3H3. The van der Waals surface area contributed by atoms with Gasteiger partial charge in [-0.2, -0.15) is 0 Å². The summed E-state index contributed by atoms with van der Waals surface area (Å²) in [6.07, 6.45) is 2.55. The molecule has 3 heteroatoms. The van der Waals surface area contributed by atoms with E-state index in [1.807, 2.05) is 0 Å². The van der Waals surface area contributed by atoms with E-state index >= 15 is 0 Å². The molecule has 1 heterocycles. The van der Waals surface area contributed by atoms with Gasteiger partial charge in [0.1, 0.15) is 5.75 Å². The van der Waals surface area contributed by atoms with Crippen LogP contribution in [0.5, 0.6) is 5.75 Å². The molecule has 112 valence electrons. The van der Waals surface area contributed by atoms with Gasteiger partial charge in [0.05, 0.1) is 7.11 Å². The van der Waals surface area contributed by atoms with Crippen LogP contribution in [-0.4, -0.2) is 49.1 Å². The minimum Gasteiger partial charge on any atom is -0.497 e. The van der Waals surface area contributed by atoms with Crippen LogP contribution in [0.2, 0.25) is 0 Å². The van der Waals surface area contributed by atoms with E-state index in [0.29, 0.717) is 0 Å². The van der Waals surface area contributed by atoms with Crippen LogP contribution < -0.4 is 4.74 Å². The molecule has 0 atom stereocenters. The molecule has 0 spiro atoms. The zero-order valence-corrected chi connectivity index (χ0v) is 13.1. The predicted octanol–water partition coefficient (Wildman–Crippen LogP) is 3.00. The third-order valence-corrected chi connectivity index (χ3v) is 4.43. The van der Waals surface area contributed by atoms with Crippen LogP contribution >= 0.6 is 0 Å². The molecule has 1 aliphatic heterocycles. The first-order valence-corrected chi connectivity index (χ1v) is 7.86. The molecule has 0 amide bonds. The van der Waals surface area contributed by atoms with E-state index in [9.17, 15) is 0 Å². The average Bonchev–Trinajstić information content (AvgIpc) is 2.51. The number of rotatable bonds is 6. The van der Waals surface area contributed by atoms with Crippen molar-refractivity contribution >= 4 is 0 Å². The van der Waals surface area contributed by atoms with Gasteiger partial charge < -0.3 is 4.74 Å². The molecule has 1 aromatic rings. The van der Waals surface area contributed by atoms with Gasteiger partial charge in [-0.1, -0.05) is 26.0 Å². The Morgan fingerprint density at radius 2 is 1.60 bits per heavy atom. The van der Waals surface area contributed by atoms with E-state index in [0.717, 1.165) is 18.3 Å². The van der Waals surface area contributed by atoms with E-state index in [1.165, 1.54) is 44.6 Å². The molecule has 1 fully saturated rings. The summed E-state index contributed by atoms with van der Waals surface area (Å²) < 4.78 is 5.20. The van der Waals surface area contributed by atoms with E-state index in [2.05, 4.69) is 47.9 Å². The molecule has 3 nitrogen and oxygen atoms in total. The maximum Gasteiger partial charge on any atom is 0.118 e. The van der Waals surface area contributed by atoms with Gasteiger partial charge in [-0.3, -0.25) is 9.80 Å². The zero-order chi connectivity index (χ0) is 14.4. The van der Waals surface area contributed by atoms with Gasteiger partial charge in [-0.15, -0.1) is 0 Å². The third-order valence-electron chi connectivity index (χ3n) is 4.43. The second-order valence-electron chi connectivity index (χ2n) is 5.63. The van der Waals surface area contributed by atoms with Crippen LogP contribution in [0.25, 0.3) is 0 Å². The maximum atomic E-state index is 5.20. The average molecular weight is 276 g/mol. The lowest BCUT2D eigenvalue weighted by atomic mass is 10.1. The van der Waals surface area contributed by atoms with Crippen LogP contribution in [0.3, 0.4) is 0 Å². The molecular weight excluding hydrogens is 248 g/mol. The molecule has 2 rings (SSSR count). The van der Waals surface area contributed by atoms with Crippen molar-refractivity contribution in [3.63, 3.8) is 0 Å². The first-order valence-electron chi connectivity index (χ1n) is 7.86. The summed E-state index contributed by atoms with van der Waals surface area (Å²) in [5.74, 6) is 0.937. The van der Waals surface area contributed by atoms with Crippen molar-refractivity contribution in [2.45, 2.75) is 39.3 Å². The fraction of sp³-hybridized carbons (Fsp3) is 0.647. The van der Waals surface area contributed by atoms with Crippen molar-refractivity contribution in [2.75, 3.05) is 33.3 Å². The molecule has 0 unspecified atom stereocenters. The van der Waals surface area contributed by atoms with Crippen LogP contribution in [0, 0.1) is 0 Å². The number of benzene rings is 1. The quantitative estimate of drug-likeness (QED) is 0.794. The monoisotopic (exact) mass is 276 g/mol.